The predicted octanol–water partition coefficient (Wildman–Crippen LogP) is 8.96. The van der Waals surface area contributed by atoms with E-state index in [2.05, 4.69) is 74.2 Å². The van der Waals surface area contributed by atoms with Gasteiger partial charge in [-0.3, -0.25) is 4.79 Å². The largest absolute Gasteiger partial charge is 0.465 e. The van der Waals surface area contributed by atoms with E-state index in [1.54, 1.807) is 0 Å². The summed E-state index contributed by atoms with van der Waals surface area (Å²) >= 11 is 0. The van der Waals surface area contributed by atoms with Gasteiger partial charge >= 0.3 is 5.97 Å². The molecular weight excluding hydrogens is 424 g/mol. The molecule has 3 nitrogen and oxygen atoms in total. The molecule has 0 aromatic heterocycles. The van der Waals surface area contributed by atoms with Crippen molar-refractivity contribution >= 4 is 14.3 Å². The third-order valence-corrected chi connectivity index (χ3v) is 11.7. The second-order valence-electron chi connectivity index (χ2n) is 12.9. The Bertz CT molecular complexity index is 620. The molecule has 0 aliphatic heterocycles. The maximum absolute atomic E-state index is 11.9. The van der Waals surface area contributed by atoms with Crippen molar-refractivity contribution in [1.29, 1.82) is 0 Å². The first kappa shape index (κ1) is 32.1. The molecule has 0 aliphatic rings. The van der Waals surface area contributed by atoms with Crippen LogP contribution in [-0.2, 0) is 14.0 Å². The molecule has 4 heteroatoms. The van der Waals surface area contributed by atoms with E-state index in [9.17, 15) is 4.79 Å². The Labute approximate surface area is 207 Å². The average Bonchev–Trinajstić information content (AvgIpc) is 2.65. The van der Waals surface area contributed by atoms with Crippen molar-refractivity contribution in [3.8, 4) is 0 Å². The molecule has 0 spiro atoms. The van der Waals surface area contributed by atoms with Crippen LogP contribution in [0.5, 0.6) is 0 Å². The van der Waals surface area contributed by atoms with Crippen molar-refractivity contribution < 1.29 is 14.0 Å². The van der Waals surface area contributed by atoms with Crippen LogP contribution in [0.2, 0.25) is 18.1 Å². The van der Waals surface area contributed by atoms with Crippen molar-refractivity contribution in [1.82, 2.24) is 0 Å². The van der Waals surface area contributed by atoms with Gasteiger partial charge < -0.3 is 9.16 Å². The molecule has 0 aliphatic carbocycles. The van der Waals surface area contributed by atoms with Crippen molar-refractivity contribution in [2.24, 2.45) is 23.2 Å². The molecule has 0 aromatic rings. The Morgan fingerprint density at radius 1 is 1.00 bits per heavy atom. The fourth-order valence-electron chi connectivity index (χ4n) is 3.53. The van der Waals surface area contributed by atoms with Crippen LogP contribution in [0, 0.1) is 23.2 Å². The van der Waals surface area contributed by atoms with E-state index < -0.39 is 13.7 Å². The lowest BCUT2D eigenvalue weighted by Crippen LogP contribution is -2.46. The van der Waals surface area contributed by atoms with Crippen LogP contribution in [0.15, 0.2) is 24.3 Å². The first-order valence-corrected chi connectivity index (χ1v) is 16.0. The molecule has 0 heterocycles. The van der Waals surface area contributed by atoms with Crippen molar-refractivity contribution in [3.63, 3.8) is 0 Å². The summed E-state index contributed by atoms with van der Waals surface area (Å²) in [5.74, 6) is 1.48. The highest BCUT2D eigenvalue weighted by atomic mass is 28.4. The molecule has 0 bridgehead atoms. The van der Waals surface area contributed by atoms with Gasteiger partial charge in [-0.1, -0.05) is 59.3 Å². The summed E-state index contributed by atoms with van der Waals surface area (Å²) in [5.41, 5.74) is 1.04. The highest BCUT2D eigenvalue weighted by Gasteiger charge is 2.40. The standard InChI is InChI=1S/C29H56O3Si/c1-14-26(32-33(12,13)29(9,10)11)25(22(2)3)19-18-23(4)16-15-17-24(5)20-21-31-27(30)28(6,7)8/h14,16,22,24-26H,1,15,17-21H2,2-13H3/b23-16+/t24-,25-,26+/m0/s1. The molecule has 0 fully saturated rings. The van der Waals surface area contributed by atoms with Crippen LogP contribution >= 0.6 is 0 Å². The minimum Gasteiger partial charge on any atom is -0.465 e. The first-order chi connectivity index (χ1) is 14.9. The van der Waals surface area contributed by atoms with Gasteiger partial charge in [0.05, 0.1) is 18.1 Å². The first-order valence-electron chi connectivity index (χ1n) is 13.1. The molecule has 0 saturated carbocycles. The zero-order valence-electron chi connectivity index (χ0n) is 24.1. The quantitative estimate of drug-likeness (QED) is 0.141. The minimum absolute atomic E-state index is 0.111. The molecule has 0 rings (SSSR count). The predicted molar refractivity (Wildman–Crippen MR) is 147 cm³/mol. The Morgan fingerprint density at radius 3 is 2.03 bits per heavy atom. The fourth-order valence-corrected chi connectivity index (χ4v) is 4.83. The number of ether oxygens (including phenoxy) is 1. The fraction of sp³-hybridized carbons (Fsp3) is 0.828. The lowest BCUT2D eigenvalue weighted by atomic mass is 9.85. The summed E-state index contributed by atoms with van der Waals surface area (Å²) in [6, 6.07) is 0. The van der Waals surface area contributed by atoms with Gasteiger partial charge in [0.1, 0.15) is 0 Å². The normalized spacial score (nSPS) is 16.5. The Hall–Kier alpha value is -0.873. The zero-order chi connectivity index (χ0) is 26.0. The third kappa shape index (κ3) is 12.4. The molecular formula is C29H56O3Si. The molecule has 33 heavy (non-hydrogen) atoms. The summed E-state index contributed by atoms with van der Waals surface area (Å²) in [4.78, 5) is 11.9. The summed E-state index contributed by atoms with van der Waals surface area (Å²) in [7, 11) is -1.83. The minimum atomic E-state index is -1.83. The van der Waals surface area contributed by atoms with Gasteiger partial charge in [0, 0.05) is 0 Å². The molecule has 3 atom stereocenters. The van der Waals surface area contributed by atoms with Gasteiger partial charge in [-0.2, -0.15) is 0 Å². The van der Waals surface area contributed by atoms with Crippen LogP contribution in [0.3, 0.4) is 0 Å². The molecule has 0 N–H and O–H groups in total. The monoisotopic (exact) mass is 480 g/mol. The molecule has 194 valence electrons. The van der Waals surface area contributed by atoms with Crippen LogP contribution < -0.4 is 0 Å². The van der Waals surface area contributed by atoms with E-state index in [0.717, 1.165) is 32.1 Å². The van der Waals surface area contributed by atoms with Crippen LogP contribution in [0.1, 0.15) is 101 Å². The smallest absolute Gasteiger partial charge is 0.311 e. The average molecular weight is 481 g/mol. The van der Waals surface area contributed by atoms with Gasteiger partial charge in [-0.05, 0) is 95.7 Å². The summed E-state index contributed by atoms with van der Waals surface area (Å²) in [6.07, 6.45) is 9.92. The topological polar surface area (TPSA) is 35.5 Å². The number of carbonyl (C=O) groups is 1. The Balaban J connectivity index is 4.67. The summed E-state index contributed by atoms with van der Waals surface area (Å²) in [6.45, 7) is 31.0. The summed E-state index contributed by atoms with van der Waals surface area (Å²) < 4.78 is 12.2. The van der Waals surface area contributed by atoms with Crippen molar-refractivity contribution in [2.45, 2.75) is 126 Å². The second kappa shape index (κ2) is 13.9. The SMILES string of the molecule is C=C[C@@H](O[Si](C)(C)C(C)(C)C)[C@@H](CC/C(C)=C/CC[C@H](C)CCOC(=O)C(C)(C)C)C(C)C. The Kier molecular flexibility index (Phi) is 13.5. The molecule has 0 aromatic carbocycles. The van der Waals surface area contributed by atoms with E-state index >= 15 is 0 Å². The molecule has 0 saturated heterocycles. The zero-order valence-corrected chi connectivity index (χ0v) is 25.1. The summed E-state index contributed by atoms with van der Waals surface area (Å²) in [5, 5.41) is 0.202. The Morgan fingerprint density at radius 2 is 1.58 bits per heavy atom. The highest BCUT2D eigenvalue weighted by molar-refractivity contribution is 6.74. The third-order valence-electron chi connectivity index (χ3n) is 7.23. The molecule has 0 unspecified atom stereocenters. The maximum atomic E-state index is 11.9. The number of allylic oxidation sites excluding steroid dienone is 2. The van der Waals surface area contributed by atoms with E-state index in [-0.39, 0.29) is 17.1 Å². The second-order valence-corrected chi connectivity index (χ2v) is 17.7. The van der Waals surface area contributed by atoms with Gasteiger partial charge in [0.2, 0.25) is 0 Å². The van der Waals surface area contributed by atoms with E-state index in [4.69, 9.17) is 9.16 Å². The number of hydrogen-bond donors (Lipinski definition) is 0. The van der Waals surface area contributed by atoms with Crippen molar-refractivity contribution in [3.05, 3.63) is 24.3 Å². The lowest BCUT2D eigenvalue weighted by molar-refractivity contribution is -0.153. The van der Waals surface area contributed by atoms with Crippen molar-refractivity contribution in [2.75, 3.05) is 6.61 Å². The van der Waals surface area contributed by atoms with Gasteiger partial charge in [0.15, 0.2) is 8.32 Å². The van der Waals surface area contributed by atoms with E-state index in [0.29, 0.717) is 24.4 Å². The van der Waals surface area contributed by atoms with E-state index in [1.165, 1.54) is 5.57 Å². The number of esters is 1. The van der Waals surface area contributed by atoms with Crippen LogP contribution in [0.25, 0.3) is 0 Å². The molecule has 0 radical (unpaired) electrons. The molecule has 0 amide bonds. The van der Waals surface area contributed by atoms with Crippen LogP contribution in [0.4, 0.5) is 0 Å². The van der Waals surface area contributed by atoms with Crippen LogP contribution in [-0.4, -0.2) is 27.0 Å². The van der Waals surface area contributed by atoms with Gasteiger partial charge in [-0.15, -0.1) is 6.58 Å². The van der Waals surface area contributed by atoms with Gasteiger partial charge in [0.25, 0.3) is 0 Å². The van der Waals surface area contributed by atoms with Gasteiger partial charge in [-0.25, -0.2) is 0 Å². The number of hydrogen-bond acceptors (Lipinski definition) is 3. The highest BCUT2D eigenvalue weighted by Crippen LogP contribution is 2.39. The van der Waals surface area contributed by atoms with E-state index in [1.807, 2.05) is 26.8 Å². The number of rotatable bonds is 14. The number of carbonyl (C=O) groups excluding carboxylic acids is 1. The maximum Gasteiger partial charge on any atom is 0.311 e. The lowest BCUT2D eigenvalue weighted by Gasteiger charge is -2.41.